The lowest BCUT2D eigenvalue weighted by molar-refractivity contribution is 0.589. The SMILES string of the molecule is CCCCCCCCCc1ccc([Si](Cl)(Cl)Cl)cc1. The van der Waals surface area contributed by atoms with Crippen LogP contribution in [-0.2, 0) is 6.42 Å². The largest absolute Gasteiger partial charge is 0.372 e. The van der Waals surface area contributed by atoms with Gasteiger partial charge in [-0.25, -0.2) is 0 Å². The van der Waals surface area contributed by atoms with Crippen LogP contribution in [0.25, 0.3) is 0 Å². The highest BCUT2D eigenvalue weighted by Gasteiger charge is 2.27. The minimum atomic E-state index is -2.70. The second-order valence-electron chi connectivity index (χ2n) is 5.07. The lowest BCUT2D eigenvalue weighted by Crippen LogP contribution is -2.29. The van der Waals surface area contributed by atoms with Crippen molar-refractivity contribution in [2.45, 2.75) is 58.3 Å². The molecule has 1 aromatic rings. The summed E-state index contributed by atoms with van der Waals surface area (Å²) < 4.78 is 0. The highest BCUT2D eigenvalue weighted by Crippen LogP contribution is 2.20. The van der Waals surface area contributed by atoms with E-state index in [9.17, 15) is 0 Å². The number of hydrogen-bond donors (Lipinski definition) is 0. The summed E-state index contributed by atoms with van der Waals surface area (Å²) >= 11 is 17.9. The van der Waals surface area contributed by atoms with Crippen LogP contribution in [0.4, 0.5) is 0 Å². The zero-order valence-electron chi connectivity index (χ0n) is 11.6. The maximum atomic E-state index is 5.97. The summed E-state index contributed by atoms with van der Waals surface area (Å²) in [7, 11) is 0. The fourth-order valence-corrected chi connectivity index (χ4v) is 3.83. The van der Waals surface area contributed by atoms with Gasteiger partial charge >= 0.3 is 6.00 Å². The molecule has 0 saturated heterocycles. The summed E-state index contributed by atoms with van der Waals surface area (Å²) in [5.41, 5.74) is 1.35. The van der Waals surface area contributed by atoms with Crippen LogP contribution in [0.15, 0.2) is 24.3 Å². The number of benzene rings is 1. The molecule has 0 spiro atoms. The predicted octanol–water partition coefficient (Wildman–Crippen LogP) is 5.84. The lowest BCUT2D eigenvalue weighted by Gasteiger charge is -2.09. The van der Waals surface area contributed by atoms with E-state index < -0.39 is 6.00 Å². The Morgan fingerprint density at radius 2 is 1.32 bits per heavy atom. The van der Waals surface area contributed by atoms with E-state index in [2.05, 4.69) is 19.1 Å². The predicted molar refractivity (Wildman–Crippen MR) is 91.1 cm³/mol. The third-order valence-electron chi connectivity index (χ3n) is 3.35. The van der Waals surface area contributed by atoms with E-state index in [-0.39, 0.29) is 0 Å². The normalized spacial score (nSPS) is 11.8. The minimum absolute atomic E-state index is 0.876. The molecular formula is C15H23Cl3Si. The molecule has 0 N–H and O–H groups in total. The lowest BCUT2D eigenvalue weighted by atomic mass is 10.0. The van der Waals surface area contributed by atoms with Gasteiger partial charge < -0.3 is 0 Å². The van der Waals surface area contributed by atoms with Gasteiger partial charge in [-0.2, -0.15) is 0 Å². The molecule has 0 radical (unpaired) electrons. The fourth-order valence-electron chi connectivity index (χ4n) is 2.15. The highest BCUT2D eigenvalue weighted by atomic mass is 35.8. The number of halogens is 3. The molecule has 19 heavy (non-hydrogen) atoms. The van der Waals surface area contributed by atoms with E-state index in [0.29, 0.717) is 0 Å². The summed E-state index contributed by atoms with van der Waals surface area (Å²) in [5.74, 6) is 0. The van der Waals surface area contributed by atoms with Crippen molar-refractivity contribution in [1.29, 1.82) is 0 Å². The van der Waals surface area contributed by atoms with Crippen LogP contribution in [0.1, 0.15) is 57.4 Å². The zero-order chi connectivity index (χ0) is 14.1. The molecule has 0 aliphatic rings. The Morgan fingerprint density at radius 3 is 1.84 bits per heavy atom. The molecule has 0 saturated carbocycles. The molecule has 0 fully saturated rings. The third-order valence-corrected chi connectivity index (χ3v) is 6.30. The van der Waals surface area contributed by atoms with Crippen LogP contribution >= 0.6 is 33.2 Å². The van der Waals surface area contributed by atoms with E-state index in [0.717, 1.165) is 11.6 Å². The highest BCUT2D eigenvalue weighted by molar-refractivity contribution is 7.69. The molecule has 0 nitrogen and oxygen atoms in total. The van der Waals surface area contributed by atoms with Gasteiger partial charge in [-0.05, 0) is 23.6 Å². The van der Waals surface area contributed by atoms with E-state index in [1.165, 1.54) is 50.5 Å². The Morgan fingerprint density at radius 1 is 0.789 bits per heavy atom. The smallest absolute Gasteiger partial charge is 0.121 e. The van der Waals surface area contributed by atoms with Gasteiger partial charge in [0, 0.05) is 0 Å². The maximum absolute atomic E-state index is 5.97. The summed E-state index contributed by atoms with van der Waals surface area (Å²) in [4.78, 5) is 0. The molecule has 0 aliphatic heterocycles. The van der Waals surface area contributed by atoms with E-state index in [1.54, 1.807) is 0 Å². The first-order valence-electron chi connectivity index (χ1n) is 7.20. The van der Waals surface area contributed by atoms with E-state index >= 15 is 0 Å². The number of rotatable bonds is 9. The average Bonchev–Trinajstić information content (AvgIpc) is 2.37. The first-order chi connectivity index (χ1) is 9.04. The zero-order valence-corrected chi connectivity index (χ0v) is 14.9. The molecule has 1 rings (SSSR count). The van der Waals surface area contributed by atoms with Crippen LogP contribution in [-0.4, -0.2) is 6.00 Å². The third kappa shape index (κ3) is 7.60. The Hall–Kier alpha value is 0.307. The van der Waals surface area contributed by atoms with Crippen molar-refractivity contribution in [2.75, 3.05) is 0 Å². The van der Waals surface area contributed by atoms with Crippen molar-refractivity contribution in [3.63, 3.8) is 0 Å². The molecule has 0 heterocycles. The first-order valence-corrected chi connectivity index (χ1v) is 12.2. The topological polar surface area (TPSA) is 0 Å². The summed E-state index contributed by atoms with van der Waals surface area (Å²) in [5, 5.41) is 0.876. The molecule has 1 aromatic carbocycles. The van der Waals surface area contributed by atoms with Gasteiger partial charge in [0.25, 0.3) is 0 Å². The van der Waals surface area contributed by atoms with Crippen molar-refractivity contribution >= 4 is 44.4 Å². The number of unbranched alkanes of at least 4 members (excludes halogenated alkanes) is 6. The van der Waals surface area contributed by atoms with Gasteiger partial charge in [-0.15, -0.1) is 33.2 Å². The fraction of sp³-hybridized carbons (Fsp3) is 0.600. The molecule has 0 amide bonds. The van der Waals surface area contributed by atoms with Gasteiger partial charge in [0.2, 0.25) is 0 Å². The van der Waals surface area contributed by atoms with Crippen molar-refractivity contribution < 1.29 is 0 Å². The Labute approximate surface area is 132 Å². The van der Waals surface area contributed by atoms with Crippen molar-refractivity contribution in [2.24, 2.45) is 0 Å². The van der Waals surface area contributed by atoms with Crippen LogP contribution in [0.5, 0.6) is 0 Å². The second-order valence-corrected chi connectivity index (χ2v) is 13.5. The maximum Gasteiger partial charge on any atom is 0.372 e. The summed E-state index contributed by atoms with van der Waals surface area (Å²) in [6.45, 7) is 2.25. The molecule has 0 bridgehead atoms. The Kier molecular flexibility index (Phi) is 8.48. The van der Waals surface area contributed by atoms with Crippen LogP contribution < -0.4 is 5.19 Å². The van der Waals surface area contributed by atoms with Crippen LogP contribution in [0, 0.1) is 0 Å². The van der Waals surface area contributed by atoms with Gasteiger partial charge in [-0.3, -0.25) is 0 Å². The minimum Gasteiger partial charge on any atom is -0.121 e. The van der Waals surface area contributed by atoms with Gasteiger partial charge in [0.15, 0.2) is 0 Å². The molecule has 0 aromatic heterocycles. The molecule has 4 heteroatoms. The quantitative estimate of drug-likeness (QED) is 0.301. The Balaban J connectivity index is 2.20. The van der Waals surface area contributed by atoms with Crippen molar-refractivity contribution in [1.82, 2.24) is 0 Å². The van der Waals surface area contributed by atoms with Gasteiger partial charge in [0.05, 0.1) is 0 Å². The van der Waals surface area contributed by atoms with Gasteiger partial charge in [0.1, 0.15) is 0 Å². The van der Waals surface area contributed by atoms with E-state index in [4.69, 9.17) is 33.2 Å². The average molecular weight is 338 g/mol. The monoisotopic (exact) mass is 336 g/mol. The molecule has 108 valence electrons. The summed E-state index contributed by atoms with van der Waals surface area (Å²) in [6, 6.07) is 5.44. The molecular weight excluding hydrogens is 315 g/mol. The summed E-state index contributed by atoms with van der Waals surface area (Å²) in [6.07, 6.45) is 10.5. The Bertz CT molecular complexity index is 343. The standard InChI is InChI=1S/C15H23Cl3Si/c1-2-3-4-5-6-7-8-9-14-10-12-15(13-11-14)19(16,17)18/h10-13H,2-9H2,1H3. The van der Waals surface area contributed by atoms with Crippen molar-refractivity contribution in [3.05, 3.63) is 29.8 Å². The van der Waals surface area contributed by atoms with Crippen LogP contribution in [0.2, 0.25) is 0 Å². The second kappa shape index (κ2) is 9.28. The van der Waals surface area contributed by atoms with Crippen molar-refractivity contribution in [3.8, 4) is 0 Å². The van der Waals surface area contributed by atoms with E-state index in [1.807, 2.05) is 12.1 Å². The van der Waals surface area contributed by atoms with Crippen LogP contribution in [0.3, 0.4) is 0 Å². The number of aryl methyl sites for hydroxylation is 1. The molecule has 0 aliphatic carbocycles. The molecule has 0 atom stereocenters. The molecule has 0 unspecified atom stereocenters. The van der Waals surface area contributed by atoms with Gasteiger partial charge in [-0.1, -0.05) is 69.7 Å². The number of hydrogen-bond acceptors (Lipinski definition) is 0. The first kappa shape index (κ1) is 17.4.